The molecule has 0 radical (unpaired) electrons. The van der Waals surface area contributed by atoms with E-state index in [4.69, 9.17) is 4.74 Å². The summed E-state index contributed by atoms with van der Waals surface area (Å²) in [6.07, 6.45) is 2.01. The summed E-state index contributed by atoms with van der Waals surface area (Å²) in [4.78, 5) is 2.09. The Morgan fingerprint density at radius 2 is 1.69 bits per heavy atom. The van der Waals surface area contributed by atoms with E-state index in [-0.39, 0.29) is 12.6 Å². The van der Waals surface area contributed by atoms with E-state index in [9.17, 15) is 15.3 Å². The molecular formula is C24H33NO4. The molecule has 0 aliphatic carbocycles. The number of aliphatic hydroxyl groups excluding tert-OH is 3. The van der Waals surface area contributed by atoms with Gasteiger partial charge in [-0.2, -0.15) is 0 Å². The highest BCUT2D eigenvalue weighted by Gasteiger charge is 2.32. The number of unbranched alkanes of at least 4 members (excludes halogenated alkanes) is 2. The van der Waals surface area contributed by atoms with Crippen molar-refractivity contribution in [2.75, 3.05) is 26.3 Å². The van der Waals surface area contributed by atoms with Gasteiger partial charge in [-0.15, -0.1) is 0 Å². The van der Waals surface area contributed by atoms with E-state index >= 15 is 0 Å². The molecule has 2 aromatic rings. The smallest absolute Gasteiger partial charge is 0.0926 e. The molecule has 1 aliphatic rings. The lowest BCUT2D eigenvalue weighted by molar-refractivity contribution is -0.0711. The van der Waals surface area contributed by atoms with Gasteiger partial charge in [0.05, 0.1) is 25.4 Å². The van der Waals surface area contributed by atoms with Crippen LogP contribution in [0.4, 0.5) is 0 Å². The van der Waals surface area contributed by atoms with Crippen LogP contribution in [0.3, 0.4) is 0 Å². The molecule has 158 valence electrons. The van der Waals surface area contributed by atoms with E-state index in [0.29, 0.717) is 19.6 Å². The third-order valence-electron chi connectivity index (χ3n) is 5.64. The van der Waals surface area contributed by atoms with Gasteiger partial charge in [-0.25, -0.2) is 0 Å². The normalized spacial score (nSPS) is 22.7. The monoisotopic (exact) mass is 399 g/mol. The van der Waals surface area contributed by atoms with Crippen molar-refractivity contribution < 1.29 is 20.1 Å². The van der Waals surface area contributed by atoms with Gasteiger partial charge < -0.3 is 20.1 Å². The zero-order valence-electron chi connectivity index (χ0n) is 17.0. The van der Waals surface area contributed by atoms with Crippen LogP contribution in [0.15, 0.2) is 54.6 Å². The van der Waals surface area contributed by atoms with E-state index in [1.165, 1.54) is 16.7 Å². The van der Waals surface area contributed by atoms with Crippen molar-refractivity contribution >= 4 is 0 Å². The van der Waals surface area contributed by atoms with Crippen molar-refractivity contribution in [3.8, 4) is 11.1 Å². The molecule has 5 heteroatoms. The number of benzene rings is 2. The number of β-amino-alcohol motifs (C(OH)–C–C–N with tert-alkyl or cyclic N) is 1. The molecule has 3 atom stereocenters. The Hall–Kier alpha value is -1.76. The van der Waals surface area contributed by atoms with Crippen LogP contribution >= 0.6 is 0 Å². The summed E-state index contributed by atoms with van der Waals surface area (Å²) in [6.45, 7) is 2.62. The number of likely N-dealkylation sites (tertiary alicyclic amines) is 1. The fourth-order valence-corrected chi connectivity index (χ4v) is 3.92. The van der Waals surface area contributed by atoms with Crippen LogP contribution in [-0.2, 0) is 11.3 Å². The molecule has 29 heavy (non-hydrogen) atoms. The van der Waals surface area contributed by atoms with Gasteiger partial charge in [0.1, 0.15) is 0 Å². The van der Waals surface area contributed by atoms with Gasteiger partial charge >= 0.3 is 0 Å². The summed E-state index contributed by atoms with van der Waals surface area (Å²) in [7, 11) is 0. The Morgan fingerprint density at radius 3 is 2.48 bits per heavy atom. The Labute approximate surface area is 173 Å². The summed E-state index contributed by atoms with van der Waals surface area (Å²) in [5.41, 5.74) is 3.60. The molecule has 1 unspecified atom stereocenters. The minimum absolute atomic E-state index is 0.0228. The Morgan fingerprint density at radius 1 is 0.897 bits per heavy atom. The fraction of sp³-hybridized carbons (Fsp3) is 0.500. The Bertz CT molecular complexity index is 724. The van der Waals surface area contributed by atoms with E-state index in [1.807, 2.05) is 18.2 Å². The lowest BCUT2D eigenvalue weighted by Gasteiger charge is -2.39. The Kier molecular flexibility index (Phi) is 8.65. The highest BCUT2D eigenvalue weighted by molar-refractivity contribution is 5.63. The van der Waals surface area contributed by atoms with Gasteiger partial charge in [0, 0.05) is 19.2 Å². The van der Waals surface area contributed by atoms with Gasteiger partial charge in [-0.05, 0) is 55.0 Å². The number of nitrogens with zero attached hydrogens (tertiary/aromatic N) is 1. The lowest BCUT2D eigenvalue weighted by Crippen LogP contribution is -2.53. The molecule has 0 aromatic heterocycles. The molecule has 0 spiro atoms. The average Bonchev–Trinajstić information content (AvgIpc) is 2.76. The highest BCUT2D eigenvalue weighted by atomic mass is 16.5. The fourth-order valence-electron chi connectivity index (χ4n) is 3.92. The number of hydrogen-bond donors (Lipinski definition) is 3. The van der Waals surface area contributed by atoms with Gasteiger partial charge in [0.25, 0.3) is 0 Å². The van der Waals surface area contributed by atoms with Crippen molar-refractivity contribution in [3.05, 3.63) is 60.2 Å². The van der Waals surface area contributed by atoms with Crippen molar-refractivity contribution in [1.29, 1.82) is 0 Å². The van der Waals surface area contributed by atoms with Crippen LogP contribution in [0.1, 0.15) is 31.2 Å². The third-order valence-corrected chi connectivity index (χ3v) is 5.64. The maximum atomic E-state index is 9.84. The first-order valence-electron chi connectivity index (χ1n) is 10.6. The predicted octanol–water partition coefficient (Wildman–Crippen LogP) is 2.83. The second kappa shape index (κ2) is 11.4. The summed E-state index contributed by atoms with van der Waals surface area (Å²) >= 11 is 0. The van der Waals surface area contributed by atoms with E-state index in [1.54, 1.807) is 0 Å². The van der Waals surface area contributed by atoms with Gasteiger partial charge in [0.2, 0.25) is 0 Å². The first-order chi connectivity index (χ1) is 14.2. The minimum Gasteiger partial charge on any atom is -0.395 e. The van der Waals surface area contributed by atoms with Gasteiger partial charge in [0.15, 0.2) is 0 Å². The van der Waals surface area contributed by atoms with Crippen molar-refractivity contribution in [2.24, 2.45) is 0 Å². The average molecular weight is 400 g/mol. The second-order valence-electron chi connectivity index (χ2n) is 7.88. The molecule has 1 heterocycles. The molecule has 1 fully saturated rings. The Balaban J connectivity index is 1.32. The van der Waals surface area contributed by atoms with Crippen molar-refractivity contribution in [1.82, 2.24) is 4.90 Å². The van der Waals surface area contributed by atoms with Crippen LogP contribution in [0.25, 0.3) is 11.1 Å². The lowest BCUT2D eigenvalue weighted by atomic mass is 9.97. The van der Waals surface area contributed by atoms with Crippen LogP contribution in [0.2, 0.25) is 0 Å². The molecule has 3 rings (SSSR count). The largest absolute Gasteiger partial charge is 0.395 e. The molecular weight excluding hydrogens is 366 g/mol. The van der Waals surface area contributed by atoms with Gasteiger partial charge in [-0.3, -0.25) is 4.90 Å². The second-order valence-corrected chi connectivity index (χ2v) is 7.88. The first kappa shape index (κ1) is 21.9. The van der Waals surface area contributed by atoms with Gasteiger partial charge in [-0.1, -0.05) is 48.5 Å². The van der Waals surface area contributed by atoms with E-state index in [0.717, 1.165) is 32.4 Å². The molecule has 1 saturated heterocycles. The molecule has 5 nitrogen and oxygen atoms in total. The first-order valence-corrected chi connectivity index (χ1v) is 10.6. The zero-order valence-corrected chi connectivity index (χ0v) is 17.0. The number of ether oxygens (including phenoxy) is 1. The standard InChI is InChI=1S/C24H33NO4/c26-17-22-15-23(27)24(28)16-25(22)12-5-2-6-13-29-18-19-8-7-11-21(14-19)20-9-3-1-4-10-20/h1,3-4,7-11,14,22-24,26-28H,2,5-6,12-13,15-18H2/t22-,23?,24+/m1/s1. The topological polar surface area (TPSA) is 73.2 Å². The molecule has 0 saturated carbocycles. The predicted molar refractivity (Wildman–Crippen MR) is 114 cm³/mol. The number of hydrogen-bond acceptors (Lipinski definition) is 5. The highest BCUT2D eigenvalue weighted by Crippen LogP contribution is 2.21. The number of piperidine rings is 1. The van der Waals surface area contributed by atoms with E-state index < -0.39 is 12.2 Å². The molecule has 0 bridgehead atoms. The summed E-state index contributed by atoms with van der Waals surface area (Å²) < 4.78 is 5.85. The van der Waals surface area contributed by atoms with Crippen molar-refractivity contribution in [2.45, 2.75) is 50.5 Å². The summed E-state index contributed by atoms with van der Waals surface area (Å²) in [6, 6.07) is 18.8. The number of rotatable bonds is 10. The maximum Gasteiger partial charge on any atom is 0.0926 e. The molecule has 2 aromatic carbocycles. The minimum atomic E-state index is -0.725. The third kappa shape index (κ3) is 6.63. The van der Waals surface area contributed by atoms with E-state index in [2.05, 4.69) is 41.3 Å². The zero-order chi connectivity index (χ0) is 20.5. The SMILES string of the molecule is OC[C@H]1CC(O)[C@@H](O)CN1CCCCCOCc1cccc(-c2ccccc2)c1. The summed E-state index contributed by atoms with van der Waals surface area (Å²) in [5, 5.41) is 29.1. The number of aliphatic hydroxyl groups is 3. The van der Waals surface area contributed by atoms with Crippen LogP contribution in [-0.4, -0.2) is 64.8 Å². The van der Waals surface area contributed by atoms with Crippen LogP contribution < -0.4 is 0 Å². The quantitative estimate of drug-likeness (QED) is 0.536. The summed E-state index contributed by atoms with van der Waals surface area (Å²) in [5.74, 6) is 0. The molecule has 3 N–H and O–H groups in total. The maximum absolute atomic E-state index is 9.84. The van der Waals surface area contributed by atoms with Crippen LogP contribution in [0.5, 0.6) is 0 Å². The molecule has 1 aliphatic heterocycles. The molecule has 0 amide bonds. The van der Waals surface area contributed by atoms with Crippen LogP contribution in [0, 0.1) is 0 Å². The van der Waals surface area contributed by atoms with Crippen molar-refractivity contribution in [3.63, 3.8) is 0 Å².